The number of methoxy groups -OCH3 is 1. The summed E-state index contributed by atoms with van der Waals surface area (Å²) < 4.78 is 16.4. The van der Waals surface area contributed by atoms with E-state index in [-0.39, 0.29) is 0 Å². The molecule has 1 aromatic rings. The predicted octanol–water partition coefficient (Wildman–Crippen LogP) is 2.61. The van der Waals surface area contributed by atoms with Gasteiger partial charge in [-0.3, -0.25) is 0 Å². The minimum atomic E-state index is 0.575. The van der Waals surface area contributed by atoms with Gasteiger partial charge in [-0.15, -0.1) is 0 Å². The molecule has 0 unspecified atom stereocenters. The summed E-state index contributed by atoms with van der Waals surface area (Å²) in [4.78, 5) is 0. The number of hydrogen-bond acceptors (Lipinski definition) is 4. The minimum Gasteiger partial charge on any atom is -0.497 e. The van der Waals surface area contributed by atoms with E-state index in [0.29, 0.717) is 13.2 Å². The normalized spacial score (nSPS) is 10.5. The Balaban J connectivity index is 2.54. The number of rotatable bonds is 10. The number of hydrogen-bond donors (Lipinski definition) is 1. The molecule has 0 saturated carbocycles. The zero-order valence-electron chi connectivity index (χ0n) is 12.2. The van der Waals surface area contributed by atoms with E-state index in [2.05, 4.69) is 19.2 Å². The van der Waals surface area contributed by atoms with Crippen molar-refractivity contribution in [2.24, 2.45) is 0 Å². The summed E-state index contributed by atoms with van der Waals surface area (Å²) in [5.74, 6) is 1.74. The second-order valence-electron chi connectivity index (χ2n) is 4.21. The lowest BCUT2D eigenvalue weighted by Gasteiger charge is -2.13. The van der Waals surface area contributed by atoms with E-state index in [0.717, 1.165) is 43.2 Å². The maximum Gasteiger partial charge on any atom is 0.124 e. The lowest BCUT2D eigenvalue weighted by molar-refractivity contribution is 0.100. The summed E-state index contributed by atoms with van der Waals surface area (Å²) in [6.45, 7) is 7.87. The van der Waals surface area contributed by atoms with Crippen molar-refractivity contribution < 1.29 is 14.2 Å². The van der Waals surface area contributed by atoms with Crippen molar-refractivity contribution in [1.82, 2.24) is 5.32 Å². The van der Waals surface area contributed by atoms with Crippen LogP contribution in [0.3, 0.4) is 0 Å². The molecular formula is C15H25NO3. The molecule has 0 aromatic heterocycles. The number of benzene rings is 1. The van der Waals surface area contributed by atoms with E-state index in [4.69, 9.17) is 14.2 Å². The van der Waals surface area contributed by atoms with Crippen molar-refractivity contribution in [1.29, 1.82) is 0 Å². The first-order valence-corrected chi connectivity index (χ1v) is 6.90. The summed E-state index contributed by atoms with van der Waals surface area (Å²) in [6, 6.07) is 5.87. The lowest BCUT2D eigenvalue weighted by Crippen LogP contribution is -2.14. The van der Waals surface area contributed by atoms with Gasteiger partial charge < -0.3 is 19.5 Å². The van der Waals surface area contributed by atoms with Gasteiger partial charge >= 0.3 is 0 Å². The zero-order chi connectivity index (χ0) is 13.9. The molecule has 0 aliphatic carbocycles. The van der Waals surface area contributed by atoms with Crippen LogP contribution in [0.2, 0.25) is 0 Å². The van der Waals surface area contributed by atoms with Crippen LogP contribution >= 0.6 is 0 Å². The largest absolute Gasteiger partial charge is 0.497 e. The molecule has 1 aromatic carbocycles. The minimum absolute atomic E-state index is 0.575. The average molecular weight is 267 g/mol. The van der Waals surface area contributed by atoms with Gasteiger partial charge in [-0.05, 0) is 31.2 Å². The Hall–Kier alpha value is -1.26. The fourth-order valence-corrected chi connectivity index (χ4v) is 1.68. The van der Waals surface area contributed by atoms with Gasteiger partial charge in [-0.1, -0.05) is 13.8 Å². The zero-order valence-corrected chi connectivity index (χ0v) is 12.2. The maximum absolute atomic E-state index is 5.76. The van der Waals surface area contributed by atoms with Crippen LogP contribution in [0, 0.1) is 0 Å². The molecule has 108 valence electrons. The second kappa shape index (κ2) is 9.64. The monoisotopic (exact) mass is 267 g/mol. The van der Waals surface area contributed by atoms with Crippen molar-refractivity contribution in [3.05, 3.63) is 23.8 Å². The molecule has 0 heterocycles. The van der Waals surface area contributed by atoms with Crippen LogP contribution in [-0.4, -0.2) is 33.5 Å². The van der Waals surface area contributed by atoms with Crippen LogP contribution in [0.4, 0.5) is 0 Å². The Bertz CT molecular complexity index is 355. The van der Waals surface area contributed by atoms with E-state index in [1.807, 2.05) is 18.2 Å². The van der Waals surface area contributed by atoms with Gasteiger partial charge in [0.25, 0.3) is 0 Å². The van der Waals surface area contributed by atoms with Gasteiger partial charge in [0.2, 0.25) is 0 Å². The molecule has 0 bridgehead atoms. The first-order valence-electron chi connectivity index (χ1n) is 6.90. The molecular weight excluding hydrogens is 242 g/mol. The van der Waals surface area contributed by atoms with Crippen LogP contribution in [0.25, 0.3) is 0 Å². The molecule has 4 heteroatoms. The Morgan fingerprint density at radius 3 is 2.63 bits per heavy atom. The van der Waals surface area contributed by atoms with Crippen LogP contribution in [-0.2, 0) is 11.3 Å². The predicted molar refractivity (Wildman–Crippen MR) is 77.0 cm³/mol. The van der Waals surface area contributed by atoms with Gasteiger partial charge in [0.05, 0.1) is 13.7 Å². The molecule has 4 nitrogen and oxygen atoms in total. The number of nitrogens with one attached hydrogen (secondary N) is 1. The molecule has 0 atom stereocenters. The third kappa shape index (κ3) is 5.94. The quantitative estimate of drug-likeness (QED) is 0.661. The smallest absolute Gasteiger partial charge is 0.124 e. The first kappa shape index (κ1) is 15.8. The summed E-state index contributed by atoms with van der Waals surface area (Å²) in [6.07, 6.45) is 1.04. The van der Waals surface area contributed by atoms with Crippen LogP contribution in [0.1, 0.15) is 25.8 Å². The fraction of sp³-hybridized carbons (Fsp3) is 0.600. The van der Waals surface area contributed by atoms with Gasteiger partial charge in [0.15, 0.2) is 0 Å². The highest BCUT2D eigenvalue weighted by atomic mass is 16.5. The maximum atomic E-state index is 5.76. The van der Waals surface area contributed by atoms with Gasteiger partial charge in [0.1, 0.15) is 18.1 Å². The van der Waals surface area contributed by atoms with Gasteiger partial charge in [-0.25, -0.2) is 0 Å². The molecule has 0 aliphatic rings. The van der Waals surface area contributed by atoms with E-state index in [1.165, 1.54) is 0 Å². The Labute approximate surface area is 116 Å². The average Bonchev–Trinajstić information content (AvgIpc) is 2.45. The SMILES string of the molecule is CCCOCCOc1ccc(OC)cc1CNCC. The highest BCUT2D eigenvalue weighted by Gasteiger charge is 2.05. The van der Waals surface area contributed by atoms with Crippen LogP contribution in [0.5, 0.6) is 11.5 Å². The highest BCUT2D eigenvalue weighted by molar-refractivity contribution is 5.40. The molecule has 1 N–H and O–H groups in total. The van der Waals surface area contributed by atoms with Crippen molar-refractivity contribution in [2.45, 2.75) is 26.8 Å². The highest BCUT2D eigenvalue weighted by Crippen LogP contribution is 2.24. The summed E-state index contributed by atoms with van der Waals surface area (Å²) >= 11 is 0. The molecule has 0 saturated heterocycles. The van der Waals surface area contributed by atoms with Crippen molar-refractivity contribution in [3.63, 3.8) is 0 Å². The molecule has 19 heavy (non-hydrogen) atoms. The van der Waals surface area contributed by atoms with Gasteiger partial charge in [0, 0.05) is 18.7 Å². The van der Waals surface area contributed by atoms with E-state index in [9.17, 15) is 0 Å². The van der Waals surface area contributed by atoms with Crippen LogP contribution in [0.15, 0.2) is 18.2 Å². The van der Waals surface area contributed by atoms with E-state index in [1.54, 1.807) is 7.11 Å². The summed E-state index contributed by atoms with van der Waals surface area (Å²) in [5.41, 5.74) is 1.11. The molecule has 1 rings (SSSR count). The molecule has 0 radical (unpaired) electrons. The van der Waals surface area contributed by atoms with E-state index >= 15 is 0 Å². The van der Waals surface area contributed by atoms with Gasteiger partial charge in [-0.2, -0.15) is 0 Å². The standard InChI is InChI=1S/C15H25NO3/c1-4-8-18-9-10-19-15-7-6-14(17-3)11-13(15)12-16-5-2/h6-7,11,16H,4-5,8-10,12H2,1-3H3. The Morgan fingerprint density at radius 1 is 1.11 bits per heavy atom. The van der Waals surface area contributed by atoms with Crippen molar-refractivity contribution >= 4 is 0 Å². The molecule has 0 fully saturated rings. The van der Waals surface area contributed by atoms with Crippen molar-refractivity contribution in [3.8, 4) is 11.5 Å². The summed E-state index contributed by atoms with van der Waals surface area (Å²) in [7, 11) is 1.67. The third-order valence-electron chi connectivity index (χ3n) is 2.67. The topological polar surface area (TPSA) is 39.7 Å². The molecule has 0 amide bonds. The molecule has 0 spiro atoms. The molecule has 0 aliphatic heterocycles. The van der Waals surface area contributed by atoms with Crippen LogP contribution < -0.4 is 14.8 Å². The Morgan fingerprint density at radius 2 is 1.95 bits per heavy atom. The Kier molecular flexibility index (Phi) is 8.02. The fourth-order valence-electron chi connectivity index (χ4n) is 1.68. The summed E-state index contributed by atoms with van der Waals surface area (Å²) in [5, 5.41) is 3.30. The first-order chi connectivity index (χ1) is 9.31. The second-order valence-corrected chi connectivity index (χ2v) is 4.21. The van der Waals surface area contributed by atoms with E-state index < -0.39 is 0 Å². The number of ether oxygens (including phenoxy) is 3. The third-order valence-corrected chi connectivity index (χ3v) is 2.67. The lowest BCUT2D eigenvalue weighted by atomic mass is 10.2. The van der Waals surface area contributed by atoms with Crippen molar-refractivity contribution in [2.75, 3.05) is 33.5 Å².